The number of hydrogen-bond donors (Lipinski definition) is 2. The molecule has 0 aliphatic heterocycles. The summed E-state index contributed by atoms with van der Waals surface area (Å²) in [7, 11) is 5.86. The molecule has 0 amide bonds. The maximum atomic E-state index is 12.6. The average Bonchev–Trinajstić information content (AvgIpc) is 3.04. The highest BCUT2D eigenvalue weighted by atomic mass is 32.1. The number of nitrogens with zero attached hydrogens (tertiary/aromatic N) is 3. The molecule has 9 heteroatoms. The number of rotatable bonds is 5. The summed E-state index contributed by atoms with van der Waals surface area (Å²) in [5, 5.41) is 7.82. The molecule has 26 heavy (non-hydrogen) atoms. The van der Waals surface area contributed by atoms with Gasteiger partial charge in [-0.05, 0) is 32.9 Å². The third kappa shape index (κ3) is 5.33. The molecule has 2 N–H and O–H groups in total. The number of nitrogens with one attached hydrogen (secondary N) is 2. The van der Waals surface area contributed by atoms with Crippen LogP contribution in [0.3, 0.4) is 0 Å². The van der Waals surface area contributed by atoms with Crippen LogP contribution >= 0.6 is 11.3 Å². The Bertz CT molecular complexity index is 614. The van der Waals surface area contributed by atoms with Gasteiger partial charge < -0.3 is 15.5 Å². The number of alkyl halides is 3. The lowest BCUT2D eigenvalue weighted by Gasteiger charge is -2.45. The SMILES string of the molecule is CN=C(NCc1nc(C(F)(F)F)cs1)NCC1(N(C)C)CCCC(C)C1. The van der Waals surface area contributed by atoms with E-state index in [1.54, 1.807) is 7.05 Å². The van der Waals surface area contributed by atoms with E-state index in [9.17, 15) is 13.2 Å². The second-order valence-electron chi connectivity index (χ2n) is 7.22. The zero-order valence-corrected chi connectivity index (χ0v) is 16.6. The van der Waals surface area contributed by atoms with Crippen LogP contribution in [0.2, 0.25) is 0 Å². The fourth-order valence-corrected chi connectivity index (χ4v) is 4.25. The van der Waals surface area contributed by atoms with Gasteiger partial charge in [0.2, 0.25) is 0 Å². The molecule has 1 aromatic heterocycles. The van der Waals surface area contributed by atoms with Crippen molar-refractivity contribution in [3.05, 3.63) is 16.1 Å². The fraction of sp³-hybridized carbons (Fsp3) is 0.765. The Balaban J connectivity index is 1.92. The summed E-state index contributed by atoms with van der Waals surface area (Å²) in [4.78, 5) is 10.1. The van der Waals surface area contributed by atoms with Crippen molar-refractivity contribution in [2.24, 2.45) is 10.9 Å². The van der Waals surface area contributed by atoms with E-state index in [4.69, 9.17) is 0 Å². The van der Waals surface area contributed by atoms with Crippen LogP contribution in [0.4, 0.5) is 13.2 Å². The summed E-state index contributed by atoms with van der Waals surface area (Å²) < 4.78 is 37.9. The predicted molar refractivity (Wildman–Crippen MR) is 99.4 cm³/mol. The molecule has 0 spiro atoms. The topological polar surface area (TPSA) is 52.6 Å². The first kappa shape index (κ1) is 21.0. The Morgan fingerprint density at radius 2 is 2.15 bits per heavy atom. The first-order valence-corrected chi connectivity index (χ1v) is 9.68. The molecule has 0 bridgehead atoms. The van der Waals surface area contributed by atoms with E-state index in [-0.39, 0.29) is 12.1 Å². The van der Waals surface area contributed by atoms with Crippen molar-refractivity contribution in [1.29, 1.82) is 0 Å². The largest absolute Gasteiger partial charge is 0.434 e. The Hall–Kier alpha value is -1.35. The minimum Gasteiger partial charge on any atom is -0.355 e. The van der Waals surface area contributed by atoms with Gasteiger partial charge in [0.15, 0.2) is 11.7 Å². The molecule has 1 heterocycles. The lowest BCUT2D eigenvalue weighted by molar-refractivity contribution is -0.140. The minimum absolute atomic E-state index is 0.0694. The maximum absolute atomic E-state index is 12.6. The second-order valence-corrected chi connectivity index (χ2v) is 8.17. The number of guanidine groups is 1. The van der Waals surface area contributed by atoms with Crippen LogP contribution in [0.5, 0.6) is 0 Å². The number of hydrogen-bond acceptors (Lipinski definition) is 4. The van der Waals surface area contributed by atoms with Crippen molar-refractivity contribution in [3.63, 3.8) is 0 Å². The van der Waals surface area contributed by atoms with Crippen LogP contribution in [0.25, 0.3) is 0 Å². The number of thiazole rings is 1. The molecule has 1 saturated carbocycles. The van der Waals surface area contributed by atoms with Crippen LogP contribution in [-0.2, 0) is 12.7 Å². The number of aromatic nitrogens is 1. The summed E-state index contributed by atoms with van der Waals surface area (Å²) in [6, 6.07) is 0. The van der Waals surface area contributed by atoms with Crippen LogP contribution in [0.15, 0.2) is 10.4 Å². The number of halogens is 3. The van der Waals surface area contributed by atoms with Gasteiger partial charge in [-0.15, -0.1) is 11.3 Å². The summed E-state index contributed by atoms with van der Waals surface area (Å²) in [6.07, 6.45) is 0.298. The molecule has 2 rings (SSSR count). The van der Waals surface area contributed by atoms with Crippen molar-refractivity contribution >= 4 is 17.3 Å². The Morgan fingerprint density at radius 3 is 2.69 bits per heavy atom. The van der Waals surface area contributed by atoms with E-state index in [0.29, 0.717) is 16.9 Å². The smallest absolute Gasteiger partial charge is 0.355 e. The number of likely N-dealkylation sites (N-methyl/N-ethyl adjacent to an activating group) is 1. The van der Waals surface area contributed by atoms with Crippen molar-refractivity contribution in [2.75, 3.05) is 27.7 Å². The van der Waals surface area contributed by atoms with E-state index in [2.05, 4.69) is 46.5 Å². The van der Waals surface area contributed by atoms with E-state index in [0.717, 1.165) is 36.1 Å². The molecule has 0 saturated heterocycles. The van der Waals surface area contributed by atoms with E-state index in [1.165, 1.54) is 12.8 Å². The monoisotopic (exact) mass is 391 g/mol. The first-order valence-electron chi connectivity index (χ1n) is 8.80. The van der Waals surface area contributed by atoms with Crippen LogP contribution in [0, 0.1) is 5.92 Å². The number of aliphatic imine (C=N–C) groups is 1. The average molecular weight is 392 g/mol. The van der Waals surface area contributed by atoms with Gasteiger partial charge in [-0.2, -0.15) is 13.2 Å². The molecule has 2 unspecified atom stereocenters. The molecule has 5 nitrogen and oxygen atoms in total. The minimum atomic E-state index is -4.40. The molecule has 1 fully saturated rings. The molecule has 1 aromatic rings. The highest BCUT2D eigenvalue weighted by Gasteiger charge is 2.37. The fourth-order valence-electron chi connectivity index (χ4n) is 3.51. The Labute approximate surface area is 157 Å². The van der Waals surface area contributed by atoms with Gasteiger partial charge in [0.05, 0.1) is 6.54 Å². The summed E-state index contributed by atoms with van der Waals surface area (Å²) >= 11 is 0.995. The third-order valence-corrected chi connectivity index (χ3v) is 5.92. The lowest BCUT2D eigenvalue weighted by Crippen LogP contribution is -2.56. The maximum Gasteiger partial charge on any atom is 0.434 e. The van der Waals surface area contributed by atoms with Crippen molar-refractivity contribution in [3.8, 4) is 0 Å². The van der Waals surface area contributed by atoms with Gasteiger partial charge in [0.1, 0.15) is 5.01 Å². The van der Waals surface area contributed by atoms with E-state index >= 15 is 0 Å². The molecule has 1 aliphatic rings. The van der Waals surface area contributed by atoms with Gasteiger partial charge >= 0.3 is 6.18 Å². The quantitative estimate of drug-likeness (QED) is 0.597. The first-order chi connectivity index (χ1) is 12.2. The van der Waals surface area contributed by atoms with E-state index < -0.39 is 11.9 Å². The molecule has 0 radical (unpaired) electrons. The van der Waals surface area contributed by atoms with Crippen molar-refractivity contribution < 1.29 is 13.2 Å². The zero-order valence-electron chi connectivity index (χ0n) is 15.8. The standard InChI is InChI=1S/C17H28F3N5S/c1-12-6-5-7-16(8-12,25(3)4)11-23-15(21-2)22-9-14-24-13(10-26-14)17(18,19)20/h10,12H,5-9,11H2,1-4H3,(H2,21,22,23). The predicted octanol–water partition coefficient (Wildman–Crippen LogP) is 3.34. The van der Waals surface area contributed by atoms with Gasteiger partial charge in [0.25, 0.3) is 0 Å². The Morgan fingerprint density at radius 1 is 1.42 bits per heavy atom. The third-order valence-electron chi connectivity index (χ3n) is 5.07. The summed E-state index contributed by atoms with van der Waals surface area (Å²) in [6.45, 7) is 3.24. The van der Waals surface area contributed by atoms with Crippen molar-refractivity contribution in [1.82, 2.24) is 20.5 Å². The Kier molecular flexibility index (Phi) is 6.90. The van der Waals surface area contributed by atoms with Crippen molar-refractivity contribution in [2.45, 2.75) is 50.9 Å². The lowest BCUT2D eigenvalue weighted by atomic mass is 9.75. The highest BCUT2D eigenvalue weighted by Crippen LogP contribution is 2.35. The highest BCUT2D eigenvalue weighted by molar-refractivity contribution is 7.09. The zero-order chi connectivity index (χ0) is 19.4. The molecule has 1 aliphatic carbocycles. The normalized spacial score (nSPS) is 24.8. The van der Waals surface area contributed by atoms with Gasteiger partial charge in [-0.3, -0.25) is 4.99 Å². The molecule has 148 valence electrons. The van der Waals surface area contributed by atoms with E-state index in [1.807, 2.05) is 0 Å². The van der Waals surface area contributed by atoms with Gasteiger partial charge in [-0.1, -0.05) is 19.8 Å². The molecule has 2 atom stereocenters. The van der Waals surface area contributed by atoms with Gasteiger partial charge in [-0.25, -0.2) is 4.98 Å². The van der Waals surface area contributed by atoms with Gasteiger partial charge in [0, 0.05) is 24.5 Å². The summed E-state index contributed by atoms with van der Waals surface area (Å²) in [5.74, 6) is 1.26. The molecular formula is C17H28F3N5S. The molecular weight excluding hydrogens is 363 g/mol. The second kappa shape index (κ2) is 8.56. The van der Waals surface area contributed by atoms with Crippen LogP contribution in [0.1, 0.15) is 43.3 Å². The van der Waals surface area contributed by atoms with Crippen LogP contribution < -0.4 is 10.6 Å². The summed E-state index contributed by atoms with van der Waals surface area (Å²) in [5.41, 5.74) is -0.773. The molecule has 0 aromatic carbocycles. The van der Waals surface area contributed by atoms with Crippen LogP contribution in [-0.4, -0.2) is 49.1 Å².